The number of hydrogen-bond acceptors (Lipinski definition) is 2. The molecular formula is C10H15NO. The van der Waals surface area contributed by atoms with Crippen molar-refractivity contribution in [3.05, 3.63) is 24.2 Å². The van der Waals surface area contributed by atoms with Gasteiger partial charge in [0.2, 0.25) is 0 Å². The quantitative estimate of drug-likeness (QED) is 0.676. The van der Waals surface area contributed by atoms with E-state index in [9.17, 15) is 0 Å². The van der Waals surface area contributed by atoms with Crippen LogP contribution in [-0.4, -0.2) is 6.54 Å². The van der Waals surface area contributed by atoms with Crippen LogP contribution in [0.1, 0.15) is 25.0 Å². The highest BCUT2D eigenvalue weighted by Gasteiger charge is 2.19. The molecule has 0 spiro atoms. The van der Waals surface area contributed by atoms with Crippen molar-refractivity contribution < 1.29 is 4.42 Å². The number of hydrogen-bond donors (Lipinski definition) is 1. The molecule has 1 saturated carbocycles. The molecule has 0 atom stereocenters. The highest BCUT2D eigenvalue weighted by atomic mass is 16.3. The second-order valence-electron chi connectivity index (χ2n) is 3.49. The van der Waals surface area contributed by atoms with Crippen LogP contribution in [0, 0.1) is 5.92 Å². The van der Waals surface area contributed by atoms with Gasteiger partial charge < -0.3 is 9.73 Å². The van der Waals surface area contributed by atoms with Crippen LogP contribution in [-0.2, 0) is 6.54 Å². The highest BCUT2D eigenvalue weighted by Crippen LogP contribution is 2.31. The molecule has 1 aromatic rings. The summed E-state index contributed by atoms with van der Waals surface area (Å²) in [5.74, 6) is 2.06. The van der Waals surface area contributed by atoms with E-state index < -0.39 is 0 Å². The largest absolute Gasteiger partial charge is 0.468 e. The summed E-state index contributed by atoms with van der Waals surface area (Å²) >= 11 is 0. The maximum absolute atomic E-state index is 5.19. The molecule has 0 amide bonds. The molecule has 1 aromatic heterocycles. The Labute approximate surface area is 73.0 Å². The van der Waals surface area contributed by atoms with Crippen LogP contribution in [0.15, 0.2) is 22.8 Å². The monoisotopic (exact) mass is 165 g/mol. The van der Waals surface area contributed by atoms with E-state index in [1.807, 2.05) is 12.1 Å². The van der Waals surface area contributed by atoms with Crippen LogP contribution in [0.4, 0.5) is 0 Å². The molecule has 0 radical (unpaired) electrons. The van der Waals surface area contributed by atoms with Crippen LogP contribution >= 0.6 is 0 Å². The van der Waals surface area contributed by atoms with Gasteiger partial charge in [-0.3, -0.25) is 0 Å². The lowest BCUT2D eigenvalue weighted by molar-refractivity contribution is 0.477. The fraction of sp³-hybridized carbons (Fsp3) is 0.600. The molecule has 0 aliphatic heterocycles. The minimum Gasteiger partial charge on any atom is -0.468 e. The van der Waals surface area contributed by atoms with Gasteiger partial charge in [-0.25, -0.2) is 0 Å². The van der Waals surface area contributed by atoms with Crippen molar-refractivity contribution in [2.45, 2.75) is 25.8 Å². The first kappa shape index (κ1) is 7.87. The van der Waals surface area contributed by atoms with E-state index in [1.54, 1.807) is 6.26 Å². The summed E-state index contributed by atoms with van der Waals surface area (Å²) < 4.78 is 5.19. The first-order chi connectivity index (χ1) is 5.95. The summed E-state index contributed by atoms with van der Waals surface area (Å²) in [5, 5.41) is 3.37. The van der Waals surface area contributed by atoms with E-state index in [2.05, 4.69) is 5.32 Å². The summed E-state index contributed by atoms with van der Waals surface area (Å²) in [4.78, 5) is 0. The van der Waals surface area contributed by atoms with Gasteiger partial charge in [-0.05, 0) is 31.0 Å². The number of furan rings is 1. The average Bonchev–Trinajstić information content (AvgIpc) is 2.76. The first-order valence-corrected chi connectivity index (χ1v) is 4.68. The molecule has 66 valence electrons. The summed E-state index contributed by atoms with van der Waals surface area (Å²) in [6.07, 6.45) is 5.95. The maximum atomic E-state index is 5.19. The SMILES string of the molecule is c1coc(CNCCC2CC2)c1. The predicted molar refractivity (Wildman–Crippen MR) is 47.8 cm³/mol. The van der Waals surface area contributed by atoms with Crippen molar-refractivity contribution in [2.75, 3.05) is 6.54 Å². The summed E-state index contributed by atoms with van der Waals surface area (Å²) in [7, 11) is 0. The molecule has 0 saturated heterocycles. The Balaban J connectivity index is 1.56. The Hall–Kier alpha value is -0.760. The van der Waals surface area contributed by atoms with Crippen molar-refractivity contribution in [3.8, 4) is 0 Å². The van der Waals surface area contributed by atoms with Gasteiger partial charge in [-0.15, -0.1) is 0 Å². The van der Waals surface area contributed by atoms with E-state index >= 15 is 0 Å². The first-order valence-electron chi connectivity index (χ1n) is 4.68. The third kappa shape index (κ3) is 2.38. The molecule has 0 aromatic carbocycles. The van der Waals surface area contributed by atoms with E-state index in [0.29, 0.717) is 0 Å². The standard InChI is InChI=1S/C10H15NO/c1-2-10(12-7-1)8-11-6-5-9-3-4-9/h1-2,7,9,11H,3-6,8H2. The summed E-state index contributed by atoms with van der Waals surface area (Å²) in [6, 6.07) is 3.93. The van der Waals surface area contributed by atoms with Gasteiger partial charge >= 0.3 is 0 Å². The van der Waals surface area contributed by atoms with Gasteiger partial charge in [-0.1, -0.05) is 12.8 Å². The van der Waals surface area contributed by atoms with Gasteiger partial charge in [0, 0.05) is 0 Å². The predicted octanol–water partition coefficient (Wildman–Crippen LogP) is 2.17. The molecule has 1 heterocycles. The lowest BCUT2D eigenvalue weighted by atomic mass is 10.3. The Bertz CT molecular complexity index is 214. The molecule has 2 heteroatoms. The average molecular weight is 165 g/mol. The second-order valence-corrected chi connectivity index (χ2v) is 3.49. The lowest BCUT2D eigenvalue weighted by Gasteiger charge is -2.00. The van der Waals surface area contributed by atoms with E-state index in [-0.39, 0.29) is 0 Å². The molecule has 1 aliphatic rings. The zero-order chi connectivity index (χ0) is 8.23. The van der Waals surface area contributed by atoms with Gasteiger partial charge in [-0.2, -0.15) is 0 Å². The van der Waals surface area contributed by atoms with E-state index in [0.717, 1.165) is 24.8 Å². The zero-order valence-electron chi connectivity index (χ0n) is 7.25. The Morgan fingerprint density at radius 1 is 1.50 bits per heavy atom. The van der Waals surface area contributed by atoms with Crippen molar-refractivity contribution in [2.24, 2.45) is 5.92 Å². The number of rotatable bonds is 5. The molecule has 0 bridgehead atoms. The van der Waals surface area contributed by atoms with Gasteiger partial charge in [0.1, 0.15) is 5.76 Å². The highest BCUT2D eigenvalue weighted by molar-refractivity contribution is 4.97. The van der Waals surface area contributed by atoms with Crippen molar-refractivity contribution in [1.29, 1.82) is 0 Å². The molecule has 1 aliphatic carbocycles. The molecule has 2 nitrogen and oxygen atoms in total. The van der Waals surface area contributed by atoms with Crippen LogP contribution in [0.25, 0.3) is 0 Å². The fourth-order valence-corrected chi connectivity index (χ4v) is 1.34. The van der Waals surface area contributed by atoms with Gasteiger partial charge in [0.05, 0.1) is 12.8 Å². The minimum atomic E-state index is 0.875. The van der Waals surface area contributed by atoms with E-state index in [4.69, 9.17) is 4.42 Å². The Morgan fingerprint density at radius 3 is 3.08 bits per heavy atom. The van der Waals surface area contributed by atoms with Crippen molar-refractivity contribution >= 4 is 0 Å². The third-order valence-electron chi connectivity index (χ3n) is 2.31. The second kappa shape index (κ2) is 3.76. The number of nitrogens with one attached hydrogen (secondary N) is 1. The fourth-order valence-electron chi connectivity index (χ4n) is 1.34. The van der Waals surface area contributed by atoms with Crippen LogP contribution < -0.4 is 5.32 Å². The minimum absolute atomic E-state index is 0.875. The molecule has 0 unspecified atom stereocenters. The molecular weight excluding hydrogens is 150 g/mol. The normalized spacial score (nSPS) is 16.7. The summed E-state index contributed by atoms with van der Waals surface area (Å²) in [5.41, 5.74) is 0. The molecule has 1 fully saturated rings. The molecule has 2 rings (SSSR count). The van der Waals surface area contributed by atoms with Crippen molar-refractivity contribution in [3.63, 3.8) is 0 Å². The van der Waals surface area contributed by atoms with Gasteiger partial charge in [0.15, 0.2) is 0 Å². The van der Waals surface area contributed by atoms with Gasteiger partial charge in [0.25, 0.3) is 0 Å². The lowest BCUT2D eigenvalue weighted by Crippen LogP contribution is -2.14. The third-order valence-corrected chi connectivity index (χ3v) is 2.31. The van der Waals surface area contributed by atoms with Crippen LogP contribution in [0.2, 0.25) is 0 Å². The maximum Gasteiger partial charge on any atom is 0.117 e. The smallest absolute Gasteiger partial charge is 0.117 e. The zero-order valence-corrected chi connectivity index (χ0v) is 7.25. The van der Waals surface area contributed by atoms with Crippen molar-refractivity contribution in [1.82, 2.24) is 5.32 Å². The topological polar surface area (TPSA) is 25.2 Å². The Kier molecular flexibility index (Phi) is 2.47. The van der Waals surface area contributed by atoms with E-state index in [1.165, 1.54) is 19.3 Å². The van der Waals surface area contributed by atoms with Crippen LogP contribution in [0.5, 0.6) is 0 Å². The Morgan fingerprint density at radius 2 is 2.42 bits per heavy atom. The molecule has 1 N–H and O–H groups in total. The van der Waals surface area contributed by atoms with Crippen LogP contribution in [0.3, 0.4) is 0 Å². The molecule has 12 heavy (non-hydrogen) atoms. The summed E-state index contributed by atoms with van der Waals surface area (Å²) in [6.45, 7) is 2.01.